The van der Waals surface area contributed by atoms with Gasteiger partial charge in [0.25, 0.3) is 0 Å². The van der Waals surface area contributed by atoms with Gasteiger partial charge in [-0.3, -0.25) is 9.89 Å². The lowest BCUT2D eigenvalue weighted by Gasteiger charge is -2.22. The number of rotatable bonds is 1. The summed E-state index contributed by atoms with van der Waals surface area (Å²) in [6, 6.07) is 5.33. The van der Waals surface area contributed by atoms with E-state index in [2.05, 4.69) is 15.5 Å². The summed E-state index contributed by atoms with van der Waals surface area (Å²) < 4.78 is 0. The third kappa shape index (κ3) is 1.98. The van der Waals surface area contributed by atoms with E-state index in [-0.39, 0.29) is 11.8 Å². The minimum absolute atomic E-state index is 0.0483. The number of nitrogens with zero attached hydrogens (tertiary/aromatic N) is 1. The van der Waals surface area contributed by atoms with Crippen molar-refractivity contribution in [1.82, 2.24) is 10.2 Å². The second-order valence-corrected chi connectivity index (χ2v) is 5.08. The van der Waals surface area contributed by atoms with Gasteiger partial charge in [-0.25, -0.2) is 0 Å². The van der Waals surface area contributed by atoms with Gasteiger partial charge in [-0.2, -0.15) is 5.10 Å². The fourth-order valence-corrected chi connectivity index (χ4v) is 2.76. The molecule has 0 spiro atoms. The summed E-state index contributed by atoms with van der Waals surface area (Å²) in [5, 5.41) is 10.6. The highest BCUT2D eigenvalue weighted by atomic mass is 35.5. The van der Waals surface area contributed by atoms with Crippen LogP contribution in [-0.4, -0.2) is 16.1 Å². The first-order valence-electron chi connectivity index (χ1n) is 5.42. The van der Waals surface area contributed by atoms with Gasteiger partial charge in [0.2, 0.25) is 5.91 Å². The van der Waals surface area contributed by atoms with Crippen LogP contribution >= 0.6 is 23.2 Å². The molecule has 0 saturated heterocycles. The van der Waals surface area contributed by atoms with E-state index in [1.807, 2.05) is 12.1 Å². The Morgan fingerprint density at radius 1 is 1.22 bits per heavy atom. The maximum absolute atomic E-state index is 11.7. The van der Waals surface area contributed by atoms with Gasteiger partial charge < -0.3 is 5.32 Å². The summed E-state index contributed by atoms with van der Waals surface area (Å²) in [5.41, 5.74) is 1.87. The van der Waals surface area contributed by atoms with Crippen LogP contribution < -0.4 is 5.32 Å². The van der Waals surface area contributed by atoms with E-state index >= 15 is 0 Å². The number of benzene rings is 1. The maximum atomic E-state index is 11.7. The number of fused-ring (bicyclic) bond motifs is 1. The lowest BCUT2D eigenvalue weighted by molar-refractivity contribution is -0.116. The molecule has 1 aromatic carbocycles. The molecule has 2 aromatic rings. The van der Waals surface area contributed by atoms with Crippen LogP contribution in [0.4, 0.5) is 5.82 Å². The van der Waals surface area contributed by atoms with Crippen LogP contribution in [0.3, 0.4) is 0 Å². The molecular weight excluding hydrogens is 273 g/mol. The zero-order chi connectivity index (χ0) is 12.7. The Morgan fingerprint density at radius 3 is 2.67 bits per heavy atom. The van der Waals surface area contributed by atoms with Gasteiger partial charge in [-0.15, -0.1) is 0 Å². The number of halogens is 2. The zero-order valence-corrected chi connectivity index (χ0v) is 10.7. The molecule has 1 atom stereocenters. The normalized spacial score (nSPS) is 18.3. The van der Waals surface area contributed by atoms with Crippen molar-refractivity contribution in [3.63, 3.8) is 0 Å². The molecular formula is C12H9Cl2N3O. The molecule has 1 amide bonds. The van der Waals surface area contributed by atoms with Crippen LogP contribution in [-0.2, 0) is 4.79 Å². The molecule has 0 radical (unpaired) electrons. The quantitative estimate of drug-likeness (QED) is 0.843. The van der Waals surface area contributed by atoms with E-state index in [9.17, 15) is 4.79 Å². The first-order chi connectivity index (χ1) is 8.63. The second kappa shape index (κ2) is 4.30. The zero-order valence-electron chi connectivity index (χ0n) is 9.21. The predicted molar refractivity (Wildman–Crippen MR) is 70.1 cm³/mol. The van der Waals surface area contributed by atoms with Gasteiger partial charge >= 0.3 is 0 Å². The Bertz CT molecular complexity index is 603. The standard InChI is InChI=1S/C12H9Cl2N3O/c13-7-1-6(2-8(14)3-7)9-4-11(18)16-12-10(9)5-15-17-12/h1-3,5,9H,4H2,(H2,15,16,17,18). The Kier molecular flexibility index (Phi) is 2.76. The average molecular weight is 282 g/mol. The molecule has 0 fully saturated rings. The van der Waals surface area contributed by atoms with Crippen molar-refractivity contribution in [3.8, 4) is 0 Å². The van der Waals surface area contributed by atoms with Crippen molar-refractivity contribution in [2.75, 3.05) is 5.32 Å². The van der Waals surface area contributed by atoms with Gasteiger partial charge in [0.05, 0.1) is 6.20 Å². The van der Waals surface area contributed by atoms with Crippen LogP contribution in [0.5, 0.6) is 0 Å². The van der Waals surface area contributed by atoms with Crippen molar-refractivity contribution in [3.05, 3.63) is 45.6 Å². The van der Waals surface area contributed by atoms with Crippen LogP contribution in [0.15, 0.2) is 24.4 Å². The van der Waals surface area contributed by atoms with E-state index in [0.717, 1.165) is 11.1 Å². The molecule has 0 bridgehead atoms. The van der Waals surface area contributed by atoms with Crippen molar-refractivity contribution in [2.45, 2.75) is 12.3 Å². The molecule has 92 valence electrons. The number of hydrogen-bond acceptors (Lipinski definition) is 2. The summed E-state index contributed by atoms with van der Waals surface area (Å²) in [6.07, 6.45) is 2.08. The van der Waals surface area contributed by atoms with E-state index < -0.39 is 0 Å². The monoisotopic (exact) mass is 281 g/mol. The molecule has 3 rings (SSSR count). The van der Waals surface area contributed by atoms with E-state index in [0.29, 0.717) is 22.3 Å². The number of carbonyl (C=O) groups excluding carboxylic acids is 1. The fraction of sp³-hybridized carbons (Fsp3) is 0.167. The fourth-order valence-electron chi connectivity index (χ4n) is 2.22. The van der Waals surface area contributed by atoms with E-state index in [1.165, 1.54) is 0 Å². The second-order valence-electron chi connectivity index (χ2n) is 4.21. The highest BCUT2D eigenvalue weighted by Gasteiger charge is 2.28. The SMILES string of the molecule is O=C1CC(c2cc(Cl)cc(Cl)c2)c2cn[nH]c2N1. The van der Waals surface area contributed by atoms with Crippen molar-refractivity contribution in [1.29, 1.82) is 0 Å². The van der Waals surface area contributed by atoms with E-state index in [4.69, 9.17) is 23.2 Å². The van der Waals surface area contributed by atoms with Crippen LogP contribution in [0, 0.1) is 0 Å². The average Bonchev–Trinajstić information content (AvgIpc) is 2.74. The number of carbonyl (C=O) groups is 1. The van der Waals surface area contributed by atoms with Crippen LogP contribution in [0.25, 0.3) is 0 Å². The first-order valence-corrected chi connectivity index (χ1v) is 6.18. The third-order valence-electron chi connectivity index (χ3n) is 2.99. The van der Waals surface area contributed by atoms with Gasteiger partial charge in [0, 0.05) is 27.9 Å². The first kappa shape index (κ1) is 11.6. The molecule has 18 heavy (non-hydrogen) atoms. The molecule has 4 nitrogen and oxygen atoms in total. The summed E-state index contributed by atoms with van der Waals surface area (Å²) >= 11 is 12.0. The number of anilines is 1. The van der Waals surface area contributed by atoms with Gasteiger partial charge in [0.1, 0.15) is 5.82 Å². The maximum Gasteiger partial charge on any atom is 0.226 e. The lowest BCUT2D eigenvalue weighted by atomic mass is 9.87. The summed E-state index contributed by atoms with van der Waals surface area (Å²) in [5.74, 6) is 0.531. The van der Waals surface area contributed by atoms with Gasteiger partial charge in [-0.05, 0) is 23.8 Å². The smallest absolute Gasteiger partial charge is 0.226 e. The number of hydrogen-bond donors (Lipinski definition) is 2. The lowest BCUT2D eigenvalue weighted by Crippen LogP contribution is -2.22. The molecule has 0 saturated carbocycles. The molecule has 2 N–H and O–H groups in total. The highest BCUT2D eigenvalue weighted by molar-refractivity contribution is 6.34. The molecule has 1 aliphatic rings. The number of aromatic nitrogens is 2. The predicted octanol–water partition coefficient (Wildman–Crippen LogP) is 3.19. The van der Waals surface area contributed by atoms with Crippen molar-refractivity contribution in [2.24, 2.45) is 0 Å². The van der Waals surface area contributed by atoms with Crippen molar-refractivity contribution < 1.29 is 4.79 Å². The van der Waals surface area contributed by atoms with Gasteiger partial charge in [0.15, 0.2) is 0 Å². The minimum atomic E-state index is -0.0660. The summed E-state index contributed by atoms with van der Waals surface area (Å²) in [4.78, 5) is 11.7. The molecule has 2 heterocycles. The van der Waals surface area contributed by atoms with Crippen molar-refractivity contribution >= 4 is 34.9 Å². The van der Waals surface area contributed by atoms with E-state index in [1.54, 1.807) is 12.3 Å². The molecule has 0 aliphatic carbocycles. The molecule has 1 aromatic heterocycles. The molecule has 6 heteroatoms. The van der Waals surface area contributed by atoms with Crippen LogP contribution in [0.1, 0.15) is 23.5 Å². The minimum Gasteiger partial charge on any atom is -0.311 e. The Balaban J connectivity index is 2.10. The summed E-state index contributed by atoms with van der Waals surface area (Å²) in [6.45, 7) is 0. The third-order valence-corrected chi connectivity index (χ3v) is 3.42. The number of aromatic amines is 1. The highest BCUT2D eigenvalue weighted by Crippen LogP contribution is 2.37. The largest absolute Gasteiger partial charge is 0.311 e. The molecule has 1 aliphatic heterocycles. The Hall–Kier alpha value is -1.52. The number of H-pyrrole nitrogens is 1. The van der Waals surface area contributed by atoms with Gasteiger partial charge in [-0.1, -0.05) is 23.2 Å². The van der Waals surface area contributed by atoms with Crippen LogP contribution in [0.2, 0.25) is 10.0 Å². The number of nitrogens with one attached hydrogen (secondary N) is 2. The Morgan fingerprint density at radius 2 is 1.94 bits per heavy atom. The topological polar surface area (TPSA) is 57.8 Å². The number of amides is 1. The Labute approximate surface area is 113 Å². The summed E-state index contributed by atoms with van der Waals surface area (Å²) in [7, 11) is 0. The molecule has 1 unspecified atom stereocenters.